The fourth-order valence-corrected chi connectivity index (χ4v) is 2.78. The minimum absolute atomic E-state index is 0.00957. The number of H-pyrrole nitrogens is 1. The Morgan fingerprint density at radius 3 is 2.48 bits per heavy atom. The number of carbonyl (C=O) groups is 1. The maximum Gasteiger partial charge on any atom is 0.274 e. The number of rotatable bonds is 4. The van der Waals surface area contributed by atoms with Crippen molar-refractivity contribution >= 4 is 11.6 Å². The van der Waals surface area contributed by atoms with Gasteiger partial charge in [0, 0.05) is 37.6 Å². The quantitative estimate of drug-likeness (QED) is 0.937. The first-order valence-corrected chi connectivity index (χ1v) is 7.94. The van der Waals surface area contributed by atoms with E-state index in [1.807, 2.05) is 30.0 Å². The number of nitrogens with one attached hydrogen (secondary N) is 1. The monoisotopic (exact) mass is 314 g/mol. The SMILES string of the molecule is CCc1cc(C(=O)N2CCN(c3ccc(OC)cc3)CC2)n[nH]1. The van der Waals surface area contributed by atoms with Gasteiger partial charge < -0.3 is 14.5 Å². The minimum Gasteiger partial charge on any atom is -0.497 e. The summed E-state index contributed by atoms with van der Waals surface area (Å²) >= 11 is 0. The predicted octanol–water partition coefficient (Wildman–Crippen LogP) is 1.94. The molecule has 0 atom stereocenters. The first-order chi connectivity index (χ1) is 11.2. The van der Waals surface area contributed by atoms with Crippen LogP contribution in [0.4, 0.5) is 5.69 Å². The zero-order valence-corrected chi connectivity index (χ0v) is 13.6. The van der Waals surface area contributed by atoms with Crippen LogP contribution in [-0.2, 0) is 6.42 Å². The maximum atomic E-state index is 12.5. The second-order valence-electron chi connectivity index (χ2n) is 5.61. The van der Waals surface area contributed by atoms with E-state index in [1.165, 1.54) is 0 Å². The number of nitrogens with zero attached hydrogens (tertiary/aromatic N) is 3. The first-order valence-electron chi connectivity index (χ1n) is 7.94. The van der Waals surface area contributed by atoms with Gasteiger partial charge in [0.15, 0.2) is 0 Å². The highest BCUT2D eigenvalue weighted by molar-refractivity contribution is 5.92. The third-order valence-corrected chi connectivity index (χ3v) is 4.24. The molecule has 6 nitrogen and oxygen atoms in total. The van der Waals surface area contributed by atoms with E-state index < -0.39 is 0 Å². The molecule has 1 aliphatic heterocycles. The smallest absolute Gasteiger partial charge is 0.274 e. The van der Waals surface area contributed by atoms with Crippen molar-refractivity contribution in [3.05, 3.63) is 41.7 Å². The Morgan fingerprint density at radius 2 is 1.91 bits per heavy atom. The Bertz CT molecular complexity index is 657. The number of methoxy groups -OCH3 is 1. The molecule has 1 aromatic carbocycles. The molecule has 0 aliphatic carbocycles. The van der Waals surface area contributed by atoms with Crippen LogP contribution >= 0.6 is 0 Å². The number of benzene rings is 1. The zero-order valence-electron chi connectivity index (χ0n) is 13.6. The highest BCUT2D eigenvalue weighted by Gasteiger charge is 2.23. The number of carbonyl (C=O) groups excluding carboxylic acids is 1. The molecule has 122 valence electrons. The van der Waals surface area contributed by atoms with Crippen molar-refractivity contribution < 1.29 is 9.53 Å². The lowest BCUT2D eigenvalue weighted by molar-refractivity contribution is 0.0741. The molecule has 0 bridgehead atoms. The number of hydrogen-bond donors (Lipinski definition) is 1. The van der Waals surface area contributed by atoms with Gasteiger partial charge in [-0.15, -0.1) is 0 Å². The van der Waals surface area contributed by atoms with Gasteiger partial charge in [0.1, 0.15) is 11.4 Å². The van der Waals surface area contributed by atoms with E-state index in [-0.39, 0.29) is 5.91 Å². The molecule has 1 fully saturated rings. The van der Waals surface area contributed by atoms with Crippen molar-refractivity contribution in [2.75, 3.05) is 38.2 Å². The Labute approximate surface area is 136 Å². The Hall–Kier alpha value is -2.50. The van der Waals surface area contributed by atoms with Gasteiger partial charge in [-0.05, 0) is 36.8 Å². The molecule has 23 heavy (non-hydrogen) atoms. The van der Waals surface area contributed by atoms with Crippen LogP contribution in [0.15, 0.2) is 30.3 Å². The largest absolute Gasteiger partial charge is 0.497 e. The van der Waals surface area contributed by atoms with Crippen LogP contribution in [0.2, 0.25) is 0 Å². The second kappa shape index (κ2) is 6.73. The number of hydrogen-bond acceptors (Lipinski definition) is 4. The second-order valence-corrected chi connectivity index (χ2v) is 5.61. The van der Waals surface area contributed by atoms with Crippen molar-refractivity contribution in [2.24, 2.45) is 0 Å². The van der Waals surface area contributed by atoms with E-state index in [9.17, 15) is 4.79 Å². The van der Waals surface area contributed by atoms with Gasteiger partial charge in [-0.1, -0.05) is 6.92 Å². The fourth-order valence-electron chi connectivity index (χ4n) is 2.78. The molecule has 0 unspecified atom stereocenters. The van der Waals surface area contributed by atoms with E-state index in [0.717, 1.165) is 36.6 Å². The van der Waals surface area contributed by atoms with Crippen LogP contribution in [0.25, 0.3) is 0 Å². The molecule has 2 aromatic rings. The van der Waals surface area contributed by atoms with Gasteiger partial charge in [-0.3, -0.25) is 9.89 Å². The number of anilines is 1. The average Bonchev–Trinajstić information content (AvgIpc) is 3.10. The summed E-state index contributed by atoms with van der Waals surface area (Å²) in [5.74, 6) is 0.864. The van der Waals surface area contributed by atoms with Crippen molar-refractivity contribution in [2.45, 2.75) is 13.3 Å². The fraction of sp³-hybridized carbons (Fsp3) is 0.412. The molecule has 6 heteroatoms. The predicted molar refractivity (Wildman–Crippen MR) is 89.1 cm³/mol. The molecule has 0 spiro atoms. The number of piperazine rings is 1. The number of amides is 1. The van der Waals surface area contributed by atoms with E-state index in [4.69, 9.17) is 4.74 Å². The van der Waals surface area contributed by atoms with E-state index >= 15 is 0 Å². The van der Waals surface area contributed by atoms with Gasteiger partial charge >= 0.3 is 0 Å². The summed E-state index contributed by atoms with van der Waals surface area (Å²) in [7, 11) is 1.67. The summed E-state index contributed by atoms with van der Waals surface area (Å²) < 4.78 is 5.18. The zero-order chi connectivity index (χ0) is 16.2. The average molecular weight is 314 g/mol. The lowest BCUT2D eigenvalue weighted by atomic mass is 10.2. The van der Waals surface area contributed by atoms with Gasteiger partial charge in [-0.2, -0.15) is 5.10 Å². The van der Waals surface area contributed by atoms with Gasteiger partial charge in [0.2, 0.25) is 0 Å². The van der Waals surface area contributed by atoms with Crippen molar-refractivity contribution in [3.63, 3.8) is 0 Å². The lowest BCUT2D eigenvalue weighted by Crippen LogP contribution is -2.48. The van der Waals surface area contributed by atoms with Gasteiger partial charge in [-0.25, -0.2) is 0 Å². The number of aromatic nitrogens is 2. The van der Waals surface area contributed by atoms with E-state index in [2.05, 4.69) is 27.2 Å². The van der Waals surface area contributed by atoms with E-state index in [0.29, 0.717) is 18.8 Å². The summed E-state index contributed by atoms with van der Waals surface area (Å²) in [5.41, 5.74) is 2.66. The maximum absolute atomic E-state index is 12.5. The number of ether oxygens (including phenoxy) is 1. The third-order valence-electron chi connectivity index (χ3n) is 4.24. The molecular weight excluding hydrogens is 292 g/mol. The highest BCUT2D eigenvalue weighted by atomic mass is 16.5. The summed E-state index contributed by atoms with van der Waals surface area (Å²) in [6.07, 6.45) is 0.853. The topological polar surface area (TPSA) is 61.5 Å². The van der Waals surface area contributed by atoms with Crippen LogP contribution in [0.1, 0.15) is 23.1 Å². The molecule has 1 aliphatic rings. The van der Waals surface area contributed by atoms with Crippen molar-refractivity contribution in [3.8, 4) is 5.75 Å². The molecule has 1 N–H and O–H groups in total. The van der Waals surface area contributed by atoms with Crippen LogP contribution in [0, 0.1) is 0 Å². The summed E-state index contributed by atoms with van der Waals surface area (Å²) in [6, 6.07) is 9.87. The van der Waals surface area contributed by atoms with Crippen molar-refractivity contribution in [1.82, 2.24) is 15.1 Å². The molecule has 0 saturated carbocycles. The van der Waals surface area contributed by atoms with Crippen LogP contribution in [0.5, 0.6) is 5.75 Å². The summed E-state index contributed by atoms with van der Waals surface area (Å²) in [4.78, 5) is 16.6. The van der Waals surface area contributed by atoms with Crippen molar-refractivity contribution in [1.29, 1.82) is 0 Å². The van der Waals surface area contributed by atoms with E-state index in [1.54, 1.807) is 7.11 Å². The van der Waals surface area contributed by atoms with Crippen LogP contribution < -0.4 is 9.64 Å². The molecule has 1 amide bonds. The normalized spacial score (nSPS) is 14.9. The standard InChI is InChI=1S/C17H22N4O2/c1-3-13-12-16(19-18-13)17(22)21-10-8-20(9-11-21)14-4-6-15(23-2)7-5-14/h4-7,12H,3,8-11H2,1-2H3,(H,18,19). The Morgan fingerprint density at radius 1 is 1.22 bits per heavy atom. The van der Waals surface area contributed by atoms with Crippen LogP contribution in [-0.4, -0.2) is 54.3 Å². The van der Waals surface area contributed by atoms with Crippen LogP contribution in [0.3, 0.4) is 0 Å². The molecule has 2 heterocycles. The molecule has 1 aromatic heterocycles. The highest BCUT2D eigenvalue weighted by Crippen LogP contribution is 2.21. The molecule has 0 radical (unpaired) electrons. The summed E-state index contributed by atoms with van der Waals surface area (Å²) in [5, 5.41) is 7.02. The summed E-state index contributed by atoms with van der Waals surface area (Å²) in [6.45, 7) is 5.10. The Kier molecular flexibility index (Phi) is 4.50. The molecule has 3 rings (SSSR count). The first kappa shape index (κ1) is 15.4. The minimum atomic E-state index is 0.00957. The number of aromatic amines is 1. The van der Waals surface area contributed by atoms with Gasteiger partial charge in [0.25, 0.3) is 5.91 Å². The Balaban J connectivity index is 1.60. The third kappa shape index (κ3) is 3.31. The molecular formula is C17H22N4O2. The number of aryl methyl sites for hydroxylation is 1. The molecule has 1 saturated heterocycles. The lowest BCUT2D eigenvalue weighted by Gasteiger charge is -2.35. The van der Waals surface area contributed by atoms with Gasteiger partial charge in [0.05, 0.1) is 7.11 Å².